The Labute approximate surface area is 112 Å². The molecule has 0 saturated heterocycles. The van der Waals surface area contributed by atoms with Crippen LogP contribution in [0.2, 0.25) is 0 Å². The van der Waals surface area contributed by atoms with Gasteiger partial charge in [0.1, 0.15) is 0 Å². The second-order valence-electron chi connectivity index (χ2n) is 3.57. The molecule has 0 bridgehead atoms. The summed E-state index contributed by atoms with van der Waals surface area (Å²) in [7, 11) is 0. The average Bonchev–Trinajstić information content (AvgIpc) is 2.28. The second-order valence-corrected chi connectivity index (χ2v) is 6.96. The number of hydrogen-bond acceptors (Lipinski definition) is 2. The Morgan fingerprint density at radius 2 is 1.80 bits per heavy atom. The quantitative estimate of drug-likeness (QED) is 0.417. The van der Waals surface area contributed by atoms with E-state index in [-0.39, 0.29) is 10.6 Å². The lowest BCUT2D eigenvalue weighted by Crippen LogP contribution is -2.35. The van der Waals surface area contributed by atoms with Crippen molar-refractivity contribution in [1.82, 2.24) is 0 Å². The van der Waals surface area contributed by atoms with Crippen LogP contribution in [0.3, 0.4) is 0 Å². The molecule has 0 amide bonds. The van der Waals surface area contributed by atoms with Crippen LogP contribution in [-0.4, -0.2) is 20.2 Å². The molecular weight excluding hydrogens is 326 g/mol. The molecule has 0 heterocycles. The van der Waals surface area contributed by atoms with E-state index in [2.05, 4.69) is 15.9 Å². The molecular formula is C9H10BrCl3O2. The molecule has 2 nitrogen and oxygen atoms in total. The topological polar surface area (TPSA) is 34.1 Å². The summed E-state index contributed by atoms with van der Waals surface area (Å²) in [5.41, 5.74) is 0. The molecule has 1 aliphatic carbocycles. The molecule has 2 atom stereocenters. The second kappa shape index (κ2) is 5.35. The lowest BCUT2D eigenvalue weighted by atomic mass is 9.95. The Morgan fingerprint density at radius 3 is 2.33 bits per heavy atom. The molecule has 0 aromatic rings. The van der Waals surface area contributed by atoms with Crippen LogP contribution in [0.25, 0.3) is 0 Å². The van der Waals surface area contributed by atoms with E-state index in [0.717, 1.165) is 19.3 Å². The first-order valence-electron chi connectivity index (χ1n) is 4.63. The third-order valence-electron chi connectivity index (χ3n) is 2.45. The van der Waals surface area contributed by atoms with Gasteiger partial charge in [0.15, 0.2) is 11.6 Å². The number of Topliss-reactive ketones (excluding diaryl/α,β-unsaturated/α-hetero) is 2. The van der Waals surface area contributed by atoms with E-state index < -0.39 is 15.5 Å². The number of hydrogen-bond donors (Lipinski definition) is 0. The van der Waals surface area contributed by atoms with Gasteiger partial charge in [-0.2, -0.15) is 0 Å². The molecule has 1 unspecified atom stereocenters. The molecule has 0 aromatic heterocycles. The highest BCUT2D eigenvalue weighted by Gasteiger charge is 2.42. The van der Waals surface area contributed by atoms with Crippen molar-refractivity contribution in [2.45, 2.75) is 34.3 Å². The first-order valence-corrected chi connectivity index (χ1v) is 6.68. The zero-order chi connectivity index (χ0) is 11.6. The molecule has 86 valence electrons. The fraction of sp³-hybridized carbons (Fsp3) is 0.778. The van der Waals surface area contributed by atoms with Gasteiger partial charge in [0.25, 0.3) is 0 Å². The van der Waals surface area contributed by atoms with Gasteiger partial charge in [-0.25, -0.2) is 0 Å². The highest BCUT2D eigenvalue weighted by Crippen LogP contribution is 2.35. The largest absolute Gasteiger partial charge is 0.298 e. The van der Waals surface area contributed by atoms with Gasteiger partial charge in [-0.3, -0.25) is 9.59 Å². The zero-order valence-corrected chi connectivity index (χ0v) is 11.7. The Balaban J connectivity index is 2.83. The molecule has 0 spiro atoms. The molecule has 0 radical (unpaired) electrons. The van der Waals surface area contributed by atoms with Gasteiger partial charge in [0, 0.05) is 0 Å². The van der Waals surface area contributed by atoms with E-state index in [1.54, 1.807) is 0 Å². The van der Waals surface area contributed by atoms with E-state index in [9.17, 15) is 9.59 Å². The summed E-state index contributed by atoms with van der Waals surface area (Å²) < 4.78 is -1.99. The Hall–Kier alpha value is 0.690. The van der Waals surface area contributed by atoms with Crippen LogP contribution >= 0.6 is 50.7 Å². The SMILES string of the molecule is O=C1C(Br)CCCC[C@@H]1C(=O)C(Cl)(Cl)Cl. The summed E-state index contributed by atoms with van der Waals surface area (Å²) >= 11 is 19.7. The van der Waals surface area contributed by atoms with Crippen molar-refractivity contribution in [2.24, 2.45) is 5.92 Å². The lowest BCUT2D eigenvalue weighted by Gasteiger charge is -2.18. The van der Waals surface area contributed by atoms with Gasteiger partial charge in [-0.15, -0.1) is 0 Å². The van der Waals surface area contributed by atoms with Gasteiger partial charge < -0.3 is 0 Å². The van der Waals surface area contributed by atoms with Crippen LogP contribution in [0, 0.1) is 5.92 Å². The van der Waals surface area contributed by atoms with Crippen LogP contribution in [-0.2, 0) is 9.59 Å². The summed E-state index contributed by atoms with van der Waals surface area (Å²) in [4.78, 5) is 23.2. The fourth-order valence-electron chi connectivity index (χ4n) is 1.63. The average molecular weight is 336 g/mol. The maximum absolute atomic E-state index is 11.8. The Kier molecular flexibility index (Phi) is 4.90. The predicted molar refractivity (Wildman–Crippen MR) is 65.0 cm³/mol. The van der Waals surface area contributed by atoms with Crippen LogP contribution in [0.4, 0.5) is 0 Å². The van der Waals surface area contributed by atoms with E-state index >= 15 is 0 Å². The number of rotatable bonds is 1. The van der Waals surface area contributed by atoms with Crippen molar-refractivity contribution in [2.75, 3.05) is 0 Å². The van der Waals surface area contributed by atoms with E-state index in [1.165, 1.54) is 0 Å². The highest BCUT2D eigenvalue weighted by atomic mass is 79.9. The van der Waals surface area contributed by atoms with Crippen LogP contribution in [0.5, 0.6) is 0 Å². The summed E-state index contributed by atoms with van der Waals surface area (Å²) in [6.45, 7) is 0. The summed E-state index contributed by atoms with van der Waals surface area (Å²) in [6, 6.07) is 0. The van der Waals surface area contributed by atoms with Crippen molar-refractivity contribution in [3.05, 3.63) is 0 Å². The van der Waals surface area contributed by atoms with Crippen molar-refractivity contribution >= 4 is 62.3 Å². The van der Waals surface area contributed by atoms with Crippen molar-refractivity contribution in [3.63, 3.8) is 0 Å². The van der Waals surface area contributed by atoms with Gasteiger partial charge in [0.05, 0.1) is 10.7 Å². The van der Waals surface area contributed by atoms with E-state index in [4.69, 9.17) is 34.8 Å². The van der Waals surface area contributed by atoms with Gasteiger partial charge in [0.2, 0.25) is 3.79 Å². The normalized spacial score (nSPS) is 28.7. The minimum absolute atomic E-state index is 0.163. The first kappa shape index (κ1) is 13.8. The van der Waals surface area contributed by atoms with Crippen LogP contribution < -0.4 is 0 Å². The van der Waals surface area contributed by atoms with E-state index in [0.29, 0.717) is 6.42 Å². The molecule has 0 aromatic carbocycles. The smallest absolute Gasteiger partial charge is 0.249 e. The zero-order valence-electron chi connectivity index (χ0n) is 7.81. The Bertz CT molecular complexity index is 275. The summed E-state index contributed by atoms with van der Waals surface area (Å²) in [5, 5.41) is 0. The fourth-order valence-corrected chi connectivity index (χ4v) is 2.67. The van der Waals surface area contributed by atoms with Gasteiger partial charge in [-0.05, 0) is 12.8 Å². The maximum Gasteiger partial charge on any atom is 0.249 e. The number of carbonyl (C=O) groups excluding carboxylic acids is 2. The molecule has 1 aliphatic rings. The van der Waals surface area contributed by atoms with Crippen LogP contribution in [0.15, 0.2) is 0 Å². The number of halogens is 4. The minimum atomic E-state index is -1.99. The molecule has 0 N–H and O–H groups in total. The lowest BCUT2D eigenvalue weighted by molar-refractivity contribution is -0.131. The monoisotopic (exact) mass is 334 g/mol. The number of alkyl halides is 4. The molecule has 1 rings (SSSR count). The molecule has 6 heteroatoms. The van der Waals surface area contributed by atoms with E-state index in [1.807, 2.05) is 0 Å². The van der Waals surface area contributed by atoms with Crippen molar-refractivity contribution < 1.29 is 9.59 Å². The molecule has 0 aliphatic heterocycles. The third kappa shape index (κ3) is 3.58. The predicted octanol–water partition coefficient (Wildman–Crippen LogP) is 3.45. The number of ketones is 2. The first-order chi connectivity index (χ1) is 6.84. The van der Waals surface area contributed by atoms with Crippen LogP contribution in [0.1, 0.15) is 25.7 Å². The Morgan fingerprint density at radius 1 is 1.27 bits per heavy atom. The molecule has 1 saturated carbocycles. The third-order valence-corrected chi connectivity index (χ3v) is 3.92. The van der Waals surface area contributed by atoms with Gasteiger partial charge >= 0.3 is 0 Å². The number of carbonyl (C=O) groups is 2. The van der Waals surface area contributed by atoms with Gasteiger partial charge in [-0.1, -0.05) is 63.6 Å². The summed E-state index contributed by atoms with van der Waals surface area (Å²) in [5.74, 6) is -1.54. The van der Waals surface area contributed by atoms with Crippen molar-refractivity contribution in [1.29, 1.82) is 0 Å². The van der Waals surface area contributed by atoms with Crippen molar-refractivity contribution in [3.8, 4) is 0 Å². The summed E-state index contributed by atoms with van der Waals surface area (Å²) in [6.07, 6.45) is 2.94. The standard InChI is InChI=1S/C9H10BrCl3O2/c10-6-4-2-1-3-5(7(6)14)8(15)9(11,12)13/h5-6H,1-4H2/t5-,6?/m0/s1. The molecule has 15 heavy (non-hydrogen) atoms. The maximum atomic E-state index is 11.8. The minimum Gasteiger partial charge on any atom is -0.298 e. The highest BCUT2D eigenvalue weighted by molar-refractivity contribution is 9.10. The molecule has 1 fully saturated rings.